The third kappa shape index (κ3) is 3.96. The van der Waals surface area contributed by atoms with Gasteiger partial charge in [-0.25, -0.2) is 4.98 Å². The summed E-state index contributed by atoms with van der Waals surface area (Å²) < 4.78 is 1.71. The standard InChI is InChI=1S/C11H16BrN3O2/c1-7(2)4-14-10(16)6-15-8(3)13-5-9(12)11(15)17/h5,7H,4,6H2,1-3H3,(H,14,16). The van der Waals surface area contributed by atoms with Crippen LogP contribution in [0.15, 0.2) is 15.5 Å². The Hall–Kier alpha value is -1.17. The molecule has 0 aliphatic rings. The van der Waals surface area contributed by atoms with Crippen molar-refractivity contribution < 1.29 is 4.79 Å². The average Bonchev–Trinajstić information content (AvgIpc) is 2.27. The molecular formula is C11H16BrN3O2. The van der Waals surface area contributed by atoms with E-state index < -0.39 is 0 Å². The van der Waals surface area contributed by atoms with Crippen LogP contribution >= 0.6 is 15.9 Å². The molecule has 1 amide bonds. The maximum Gasteiger partial charge on any atom is 0.268 e. The van der Waals surface area contributed by atoms with E-state index in [1.54, 1.807) is 6.92 Å². The van der Waals surface area contributed by atoms with Crippen molar-refractivity contribution in [2.24, 2.45) is 5.92 Å². The fraction of sp³-hybridized carbons (Fsp3) is 0.545. The fourth-order valence-electron chi connectivity index (χ4n) is 1.25. The molecule has 0 fully saturated rings. The third-order valence-corrected chi connectivity index (χ3v) is 2.76. The first-order valence-corrected chi connectivity index (χ1v) is 6.19. The smallest absolute Gasteiger partial charge is 0.268 e. The molecule has 1 N–H and O–H groups in total. The summed E-state index contributed by atoms with van der Waals surface area (Å²) in [5.74, 6) is 0.735. The van der Waals surface area contributed by atoms with Crippen LogP contribution in [0.25, 0.3) is 0 Å². The van der Waals surface area contributed by atoms with E-state index in [1.807, 2.05) is 13.8 Å². The second kappa shape index (κ2) is 5.95. The second-order valence-electron chi connectivity index (χ2n) is 4.24. The highest BCUT2D eigenvalue weighted by Crippen LogP contribution is 2.01. The van der Waals surface area contributed by atoms with Crippen LogP contribution in [-0.4, -0.2) is 22.0 Å². The van der Waals surface area contributed by atoms with Crippen molar-refractivity contribution in [3.8, 4) is 0 Å². The molecule has 0 radical (unpaired) electrons. The summed E-state index contributed by atoms with van der Waals surface area (Å²) in [6.07, 6.45) is 1.44. The average molecular weight is 302 g/mol. The number of nitrogens with zero attached hydrogens (tertiary/aromatic N) is 2. The Balaban J connectivity index is 2.78. The number of aryl methyl sites for hydroxylation is 1. The highest BCUT2D eigenvalue weighted by molar-refractivity contribution is 9.10. The molecule has 1 aromatic rings. The Morgan fingerprint density at radius 1 is 1.59 bits per heavy atom. The zero-order chi connectivity index (χ0) is 13.0. The minimum atomic E-state index is -0.239. The van der Waals surface area contributed by atoms with E-state index in [4.69, 9.17) is 0 Å². The molecule has 5 nitrogen and oxygen atoms in total. The van der Waals surface area contributed by atoms with Gasteiger partial charge >= 0.3 is 0 Å². The van der Waals surface area contributed by atoms with Crippen LogP contribution in [0.2, 0.25) is 0 Å². The van der Waals surface area contributed by atoms with Gasteiger partial charge in [0.1, 0.15) is 16.8 Å². The molecule has 0 spiro atoms. The van der Waals surface area contributed by atoms with Gasteiger partial charge in [-0.15, -0.1) is 0 Å². The van der Waals surface area contributed by atoms with Gasteiger partial charge in [0.25, 0.3) is 5.56 Å². The largest absolute Gasteiger partial charge is 0.354 e. The van der Waals surface area contributed by atoms with Gasteiger partial charge in [-0.05, 0) is 28.8 Å². The number of amides is 1. The summed E-state index contributed by atoms with van der Waals surface area (Å²) in [6, 6.07) is 0. The molecule has 1 aromatic heterocycles. The van der Waals surface area contributed by atoms with Crippen molar-refractivity contribution in [1.29, 1.82) is 0 Å². The van der Waals surface area contributed by atoms with Crippen molar-refractivity contribution >= 4 is 21.8 Å². The van der Waals surface area contributed by atoms with E-state index in [0.717, 1.165) is 0 Å². The number of hydrogen-bond donors (Lipinski definition) is 1. The van der Waals surface area contributed by atoms with Crippen LogP contribution in [0.4, 0.5) is 0 Å². The summed E-state index contributed by atoms with van der Waals surface area (Å²) in [5, 5.41) is 2.76. The van der Waals surface area contributed by atoms with E-state index in [1.165, 1.54) is 10.8 Å². The van der Waals surface area contributed by atoms with E-state index in [-0.39, 0.29) is 18.0 Å². The van der Waals surface area contributed by atoms with E-state index in [0.29, 0.717) is 22.8 Å². The normalized spacial score (nSPS) is 10.6. The molecule has 1 rings (SSSR count). The van der Waals surface area contributed by atoms with Gasteiger partial charge in [0.05, 0.1) is 0 Å². The second-order valence-corrected chi connectivity index (χ2v) is 5.10. The van der Waals surface area contributed by atoms with Gasteiger partial charge in [-0.3, -0.25) is 14.2 Å². The monoisotopic (exact) mass is 301 g/mol. The van der Waals surface area contributed by atoms with Gasteiger partial charge in [0, 0.05) is 12.7 Å². The van der Waals surface area contributed by atoms with Crippen LogP contribution in [0.1, 0.15) is 19.7 Å². The molecule has 0 aliphatic carbocycles. The summed E-state index contributed by atoms with van der Waals surface area (Å²) in [6.45, 7) is 6.33. The zero-order valence-electron chi connectivity index (χ0n) is 10.2. The molecule has 94 valence electrons. The number of hydrogen-bond acceptors (Lipinski definition) is 3. The molecule has 1 heterocycles. The molecular weight excluding hydrogens is 286 g/mol. The Kier molecular flexibility index (Phi) is 4.86. The molecule has 6 heteroatoms. The number of carbonyl (C=O) groups excluding carboxylic acids is 1. The number of halogens is 1. The molecule has 0 atom stereocenters. The van der Waals surface area contributed by atoms with Crippen LogP contribution in [-0.2, 0) is 11.3 Å². The molecule has 0 aromatic carbocycles. The lowest BCUT2D eigenvalue weighted by Gasteiger charge is -2.11. The maximum absolute atomic E-state index is 11.8. The zero-order valence-corrected chi connectivity index (χ0v) is 11.7. The number of rotatable bonds is 4. The number of nitrogens with one attached hydrogen (secondary N) is 1. The molecule has 0 bridgehead atoms. The van der Waals surface area contributed by atoms with Crippen molar-refractivity contribution in [2.45, 2.75) is 27.3 Å². The first-order chi connectivity index (χ1) is 7.91. The van der Waals surface area contributed by atoms with Gasteiger partial charge < -0.3 is 5.32 Å². The first-order valence-electron chi connectivity index (χ1n) is 5.40. The highest BCUT2D eigenvalue weighted by Gasteiger charge is 2.09. The van der Waals surface area contributed by atoms with Crippen molar-refractivity contribution in [1.82, 2.24) is 14.9 Å². The minimum Gasteiger partial charge on any atom is -0.354 e. The lowest BCUT2D eigenvalue weighted by molar-refractivity contribution is -0.121. The summed E-state index contributed by atoms with van der Waals surface area (Å²) in [5.41, 5.74) is -0.239. The molecule has 0 saturated carbocycles. The van der Waals surface area contributed by atoms with Crippen molar-refractivity contribution in [3.63, 3.8) is 0 Å². The highest BCUT2D eigenvalue weighted by atomic mass is 79.9. The first kappa shape index (κ1) is 13.9. The Morgan fingerprint density at radius 3 is 2.82 bits per heavy atom. The fourth-order valence-corrected chi connectivity index (χ4v) is 1.57. The van der Waals surface area contributed by atoms with Crippen molar-refractivity contribution in [3.05, 3.63) is 26.8 Å². The van der Waals surface area contributed by atoms with Gasteiger partial charge in [0.2, 0.25) is 5.91 Å². The lowest BCUT2D eigenvalue weighted by Crippen LogP contribution is -2.35. The maximum atomic E-state index is 11.8. The predicted molar refractivity (Wildman–Crippen MR) is 68.8 cm³/mol. The van der Waals surface area contributed by atoms with Crippen molar-refractivity contribution in [2.75, 3.05) is 6.54 Å². The molecule has 17 heavy (non-hydrogen) atoms. The third-order valence-electron chi connectivity index (χ3n) is 2.21. The van der Waals surface area contributed by atoms with E-state index in [9.17, 15) is 9.59 Å². The number of aromatic nitrogens is 2. The summed E-state index contributed by atoms with van der Waals surface area (Å²) in [7, 11) is 0. The Bertz CT molecular complexity index is 468. The van der Waals surface area contributed by atoms with Crippen LogP contribution in [0, 0.1) is 12.8 Å². The quantitative estimate of drug-likeness (QED) is 0.905. The summed E-state index contributed by atoms with van der Waals surface area (Å²) in [4.78, 5) is 27.4. The van der Waals surface area contributed by atoms with E-state index in [2.05, 4.69) is 26.2 Å². The van der Waals surface area contributed by atoms with Crippen LogP contribution < -0.4 is 10.9 Å². The van der Waals surface area contributed by atoms with Gasteiger partial charge in [-0.1, -0.05) is 13.8 Å². The van der Waals surface area contributed by atoms with Crippen LogP contribution in [0.3, 0.4) is 0 Å². The van der Waals surface area contributed by atoms with E-state index >= 15 is 0 Å². The molecule has 0 saturated heterocycles. The van der Waals surface area contributed by atoms with Gasteiger partial charge in [-0.2, -0.15) is 0 Å². The Labute approximate surface area is 108 Å². The lowest BCUT2D eigenvalue weighted by atomic mass is 10.2. The Morgan fingerprint density at radius 2 is 2.24 bits per heavy atom. The van der Waals surface area contributed by atoms with Gasteiger partial charge in [0.15, 0.2) is 0 Å². The summed E-state index contributed by atoms with van der Waals surface area (Å²) >= 11 is 3.10. The molecule has 0 unspecified atom stereocenters. The number of carbonyl (C=O) groups is 1. The topological polar surface area (TPSA) is 64.0 Å². The minimum absolute atomic E-state index is 0.00380. The molecule has 0 aliphatic heterocycles. The predicted octanol–water partition coefficient (Wildman–Crippen LogP) is 1.09. The SMILES string of the molecule is Cc1ncc(Br)c(=O)n1CC(=O)NCC(C)C. The van der Waals surface area contributed by atoms with Crippen LogP contribution in [0.5, 0.6) is 0 Å².